The SMILES string of the molecule is Cc1cc([N+](=O)[O-])ccc1Oc1cc(N)nc(C(C)C)n1. The Morgan fingerprint density at radius 3 is 2.57 bits per heavy atom. The lowest BCUT2D eigenvalue weighted by Gasteiger charge is -2.10. The Morgan fingerprint density at radius 1 is 1.29 bits per heavy atom. The molecule has 0 saturated carbocycles. The summed E-state index contributed by atoms with van der Waals surface area (Å²) in [5.74, 6) is 1.85. The van der Waals surface area contributed by atoms with Crippen LogP contribution in [0.5, 0.6) is 11.6 Å². The lowest BCUT2D eigenvalue weighted by atomic mass is 10.2. The molecule has 0 spiro atoms. The van der Waals surface area contributed by atoms with Crippen molar-refractivity contribution >= 4 is 11.5 Å². The zero-order valence-corrected chi connectivity index (χ0v) is 12.0. The maximum atomic E-state index is 10.7. The quantitative estimate of drug-likeness (QED) is 0.684. The molecule has 0 aliphatic heterocycles. The molecule has 0 bridgehead atoms. The van der Waals surface area contributed by atoms with E-state index in [1.54, 1.807) is 13.0 Å². The van der Waals surface area contributed by atoms with Crippen LogP contribution in [-0.2, 0) is 0 Å². The Hall–Kier alpha value is -2.70. The predicted molar refractivity (Wildman–Crippen MR) is 78.4 cm³/mol. The first kappa shape index (κ1) is 14.7. The Bertz CT molecular complexity index is 686. The fourth-order valence-electron chi connectivity index (χ4n) is 1.75. The van der Waals surface area contributed by atoms with Gasteiger partial charge in [0.05, 0.1) is 4.92 Å². The smallest absolute Gasteiger partial charge is 0.269 e. The molecule has 21 heavy (non-hydrogen) atoms. The topological polar surface area (TPSA) is 104 Å². The van der Waals surface area contributed by atoms with Crippen LogP contribution in [0.4, 0.5) is 11.5 Å². The van der Waals surface area contributed by atoms with Crippen molar-refractivity contribution in [2.75, 3.05) is 5.73 Å². The Kier molecular flexibility index (Phi) is 4.02. The van der Waals surface area contributed by atoms with Crippen molar-refractivity contribution in [2.24, 2.45) is 0 Å². The van der Waals surface area contributed by atoms with Crippen LogP contribution in [0.15, 0.2) is 24.3 Å². The average Bonchev–Trinajstić information content (AvgIpc) is 2.40. The van der Waals surface area contributed by atoms with Crippen molar-refractivity contribution < 1.29 is 9.66 Å². The van der Waals surface area contributed by atoms with E-state index < -0.39 is 4.92 Å². The molecule has 7 nitrogen and oxygen atoms in total. The number of aryl methyl sites for hydroxylation is 1. The van der Waals surface area contributed by atoms with Crippen LogP contribution in [0.1, 0.15) is 31.2 Å². The summed E-state index contributed by atoms with van der Waals surface area (Å²) in [6.45, 7) is 5.64. The van der Waals surface area contributed by atoms with Crippen LogP contribution >= 0.6 is 0 Å². The molecule has 0 aliphatic rings. The summed E-state index contributed by atoms with van der Waals surface area (Å²) in [6.07, 6.45) is 0. The number of aromatic nitrogens is 2. The van der Waals surface area contributed by atoms with E-state index in [9.17, 15) is 10.1 Å². The first-order chi connectivity index (χ1) is 9.86. The Morgan fingerprint density at radius 2 is 2.00 bits per heavy atom. The second kappa shape index (κ2) is 5.74. The first-order valence-corrected chi connectivity index (χ1v) is 6.44. The van der Waals surface area contributed by atoms with Crippen LogP contribution in [0.25, 0.3) is 0 Å². The molecule has 0 radical (unpaired) electrons. The third-order valence-electron chi connectivity index (χ3n) is 2.84. The van der Waals surface area contributed by atoms with E-state index in [-0.39, 0.29) is 11.6 Å². The summed E-state index contributed by atoms with van der Waals surface area (Å²) in [4.78, 5) is 18.7. The van der Waals surface area contributed by atoms with Crippen molar-refractivity contribution in [1.82, 2.24) is 9.97 Å². The van der Waals surface area contributed by atoms with E-state index in [1.165, 1.54) is 18.2 Å². The number of anilines is 1. The minimum absolute atomic E-state index is 0.0184. The van der Waals surface area contributed by atoms with Gasteiger partial charge in [0.15, 0.2) is 0 Å². The van der Waals surface area contributed by atoms with Crippen molar-refractivity contribution in [1.29, 1.82) is 0 Å². The number of nitrogens with two attached hydrogens (primary N) is 1. The summed E-state index contributed by atoms with van der Waals surface area (Å²) < 4.78 is 5.66. The van der Waals surface area contributed by atoms with Gasteiger partial charge in [-0.2, -0.15) is 4.98 Å². The van der Waals surface area contributed by atoms with Crippen LogP contribution in [0.2, 0.25) is 0 Å². The summed E-state index contributed by atoms with van der Waals surface area (Å²) in [7, 11) is 0. The van der Waals surface area contributed by atoms with Crippen molar-refractivity contribution in [3.8, 4) is 11.6 Å². The summed E-state index contributed by atoms with van der Waals surface area (Å²) >= 11 is 0. The number of nitro groups is 1. The van der Waals surface area contributed by atoms with Crippen LogP contribution in [0, 0.1) is 17.0 Å². The Balaban J connectivity index is 2.32. The molecule has 2 N–H and O–H groups in total. The summed E-state index contributed by atoms with van der Waals surface area (Å²) in [5.41, 5.74) is 6.40. The fraction of sp³-hybridized carbons (Fsp3) is 0.286. The molecule has 0 unspecified atom stereocenters. The highest BCUT2D eigenvalue weighted by molar-refractivity contribution is 5.45. The first-order valence-electron chi connectivity index (χ1n) is 6.44. The van der Waals surface area contributed by atoms with Gasteiger partial charge in [0, 0.05) is 24.1 Å². The predicted octanol–water partition coefficient (Wildman–Crippen LogP) is 3.19. The Labute approximate surface area is 121 Å². The highest BCUT2D eigenvalue weighted by Crippen LogP contribution is 2.28. The number of non-ortho nitro benzene ring substituents is 1. The number of hydrogen-bond acceptors (Lipinski definition) is 6. The van der Waals surface area contributed by atoms with Gasteiger partial charge in [-0.25, -0.2) is 4.98 Å². The van der Waals surface area contributed by atoms with E-state index in [2.05, 4.69) is 9.97 Å². The number of nitrogen functional groups attached to an aromatic ring is 1. The fourth-order valence-corrected chi connectivity index (χ4v) is 1.75. The zero-order chi connectivity index (χ0) is 15.6. The van der Waals surface area contributed by atoms with Gasteiger partial charge in [-0.05, 0) is 18.6 Å². The monoisotopic (exact) mass is 288 g/mol. The lowest BCUT2D eigenvalue weighted by Crippen LogP contribution is -2.03. The molecule has 0 fully saturated rings. The molecule has 7 heteroatoms. The molecule has 0 aliphatic carbocycles. The van der Waals surface area contributed by atoms with E-state index in [0.29, 0.717) is 28.8 Å². The molecule has 0 atom stereocenters. The molecule has 1 heterocycles. The number of hydrogen-bond donors (Lipinski definition) is 1. The zero-order valence-electron chi connectivity index (χ0n) is 12.0. The number of nitro benzene ring substituents is 1. The van der Waals surface area contributed by atoms with E-state index in [0.717, 1.165) is 0 Å². The molecule has 2 rings (SSSR count). The number of ether oxygens (including phenoxy) is 1. The molecule has 1 aromatic carbocycles. The third-order valence-corrected chi connectivity index (χ3v) is 2.84. The molecule has 1 aromatic heterocycles. The van der Waals surface area contributed by atoms with Gasteiger partial charge in [-0.3, -0.25) is 10.1 Å². The van der Waals surface area contributed by atoms with Crippen molar-refractivity contribution in [3.05, 3.63) is 45.8 Å². The van der Waals surface area contributed by atoms with E-state index >= 15 is 0 Å². The number of nitrogens with zero attached hydrogens (tertiary/aromatic N) is 3. The van der Waals surface area contributed by atoms with Gasteiger partial charge in [-0.1, -0.05) is 13.8 Å². The average molecular weight is 288 g/mol. The second-order valence-electron chi connectivity index (χ2n) is 4.95. The van der Waals surface area contributed by atoms with E-state index in [4.69, 9.17) is 10.5 Å². The highest BCUT2D eigenvalue weighted by atomic mass is 16.6. The second-order valence-corrected chi connectivity index (χ2v) is 4.95. The standard InChI is InChI=1S/C14H16N4O3/c1-8(2)14-16-12(15)7-13(17-14)21-11-5-4-10(18(19)20)6-9(11)3/h4-8H,1-3H3,(H2,15,16,17). The molecule has 2 aromatic rings. The number of benzene rings is 1. The van der Waals surface area contributed by atoms with Crippen LogP contribution in [-0.4, -0.2) is 14.9 Å². The van der Waals surface area contributed by atoms with Crippen molar-refractivity contribution in [2.45, 2.75) is 26.7 Å². The minimum Gasteiger partial charge on any atom is -0.439 e. The van der Waals surface area contributed by atoms with Crippen molar-refractivity contribution in [3.63, 3.8) is 0 Å². The molecule has 110 valence electrons. The van der Waals surface area contributed by atoms with Gasteiger partial charge in [0.25, 0.3) is 5.69 Å². The third kappa shape index (κ3) is 3.44. The van der Waals surface area contributed by atoms with Gasteiger partial charge in [-0.15, -0.1) is 0 Å². The van der Waals surface area contributed by atoms with Gasteiger partial charge in [0.2, 0.25) is 5.88 Å². The van der Waals surface area contributed by atoms with E-state index in [1.807, 2.05) is 13.8 Å². The summed E-state index contributed by atoms with van der Waals surface area (Å²) in [5, 5.41) is 10.7. The molecule has 0 amide bonds. The minimum atomic E-state index is -0.448. The molecular formula is C14H16N4O3. The lowest BCUT2D eigenvalue weighted by molar-refractivity contribution is -0.384. The maximum Gasteiger partial charge on any atom is 0.269 e. The normalized spacial score (nSPS) is 10.7. The number of rotatable bonds is 4. The molecule has 0 saturated heterocycles. The largest absolute Gasteiger partial charge is 0.439 e. The maximum absolute atomic E-state index is 10.7. The van der Waals surface area contributed by atoms with Gasteiger partial charge in [0.1, 0.15) is 17.4 Å². The van der Waals surface area contributed by atoms with Crippen LogP contribution < -0.4 is 10.5 Å². The van der Waals surface area contributed by atoms with Gasteiger partial charge >= 0.3 is 0 Å². The molecular weight excluding hydrogens is 272 g/mol. The van der Waals surface area contributed by atoms with Gasteiger partial charge < -0.3 is 10.5 Å². The van der Waals surface area contributed by atoms with Crippen LogP contribution in [0.3, 0.4) is 0 Å². The highest BCUT2D eigenvalue weighted by Gasteiger charge is 2.12. The summed E-state index contributed by atoms with van der Waals surface area (Å²) in [6, 6.07) is 5.90.